The van der Waals surface area contributed by atoms with E-state index in [2.05, 4.69) is 43.8 Å². The fourth-order valence-corrected chi connectivity index (χ4v) is 2.29. The Morgan fingerprint density at radius 2 is 1.83 bits per heavy atom. The molecule has 1 N–H and O–H groups in total. The van der Waals surface area contributed by atoms with Gasteiger partial charge in [-0.1, -0.05) is 17.7 Å². The van der Waals surface area contributed by atoms with E-state index in [9.17, 15) is 4.79 Å². The van der Waals surface area contributed by atoms with Gasteiger partial charge in [0.2, 0.25) is 0 Å². The third-order valence-electron chi connectivity index (χ3n) is 2.31. The number of benzene rings is 2. The Morgan fingerprint density at radius 1 is 1.17 bits per heavy atom. The summed E-state index contributed by atoms with van der Waals surface area (Å²) in [7, 11) is 0. The topological polar surface area (TPSA) is 29.1 Å². The number of hydrogen-bond donors (Lipinski definition) is 1. The lowest BCUT2D eigenvalue weighted by Gasteiger charge is -2.08. The van der Waals surface area contributed by atoms with E-state index in [-0.39, 0.29) is 5.91 Å². The van der Waals surface area contributed by atoms with Crippen molar-refractivity contribution in [1.29, 1.82) is 0 Å². The van der Waals surface area contributed by atoms with Gasteiger partial charge < -0.3 is 5.32 Å². The highest BCUT2D eigenvalue weighted by molar-refractivity contribution is 14.1. The second kappa shape index (κ2) is 6.04. The number of hydrogen-bond acceptors (Lipinski definition) is 1. The lowest BCUT2D eigenvalue weighted by Crippen LogP contribution is -2.12. The first-order valence-electron chi connectivity index (χ1n) is 5.09. The van der Waals surface area contributed by atoms with Crippen LogP contribution in [0.2, 0.25) is 5.02 Å². The molecule has 2 aromatic rings. The van der Waals surface area contributed by atoms with Crippen LogP contribution < -0.4 is 5.32 Å². The van der Waals surface area contributed by atoms with Crippen molar-refractivity contribution in [3.63, 3.8) is 0 Å². The maximum Gasteiger partial charge on any atom is 0.255 e. The van der Waals surface area contributed by atoms with Gasteiger partial charge in [-0.3, -0.25) is 4.79 Å². The minimum Gasteiger partial charge on any atom is -0.321 e. The quantitative estimate of drug-likeness (QED) is 0.663. The van der Waals surface area contributed by atoms with Gasteiger partial charge in [-0.25, -0.2) is 0 Å². The lowest BCUT2D eigenvalue weighted by atomic mass is 10.2. The summed E-state index contributed by atoms with van der Waals surface area (Å²) < 4.78 is 1.78. The summed E-state index contributed by atoms with van der Waals surface area (Å²) in [6.07, 6.45) is 0. The van der Waals surface area contributed by atoms with Gasteiger partial charge in [0, 0.05) is 9.13 Å². The van der Waals surface area contributed by atoms with E-state index in [1.807, 2.05) is 12.1 Å². The van der Waals surface area contributed by atoms with Crippen molar-refractivity contribution in [1.82, 2.24) is 0 Å². The number of amides is 1. The number of rotatable bonds is 2. The Morgan fingerprint density at radius 3 is 2.50 bits per heavy atom. The third-order valence-corrected chi connectivity index (χ3v) is 4.42. The molecule has 0 radical (unpaired) electrons. The predicted molar refractivity (Wildman–Crippen MR) is 86.3 cm³/mol. The van der Waals surface area contributed by atoms with E-state index in [0.717, 1.165) is 3.57 Å². The van der Waals surface area contributed by atoms with Crippen LogP contribution in [0.1, 0.15) is 10.4 Å². The van der Waals surface area contributed by atoms with Crippen molar-refractivity contribution in [2.24, 2.45) is 0 Å². The average molecular weight is 436 g/mol. The van der Waals surface area contributed by atoms with E-state index >= 15 is 0 Å². The molecule has 5 heteroatoms. The summed E-state index contributed by atoms with van der Waals surface area (Å²) in [5.41, 5.74) is 1.27. The standard InChI is InChI=1S/C13H8BrClINO/c14-12-10(15)2-1-3-11(12)17-13(18)8-4-6-9(16)7-5-8/h1-7H,(H,17,18). The highest BCUT2D eigenvalue weighted by Crippen LogP contribution is 2.30. The first kappa shape index (κ1) is 13.8. The molecule has 0 unspecified atom stereocenters. The molecule has 2 nitrogen and oxygen atoms in total. The van der Waals surface area contributed by atoms with Crippen molar-refractivity contribution < 1.29 is 4.79 Å². The number of halogens is 3. The zero-order valence-electron chi connectivity index (χ0n) is 9.08. The Bertz CT molecular complexity index is 586. The summed E-state index contributed by atoms with van der Waals surface area (Å²) in [6, 6.07) is 12.7. The van der Waals surface area contributed by atoms with Gasteiger partial charge in [0.15, 0.2) is 0 Å². The van der Waals surface area contributed by atoms with Gasteiger partial charge in [-0.05, 0) is 74.9 Å². The Kier molecular flexibility index (Phi) is 4.64. The van der Waals surface area contributed by atoms with E-state index in [4.69, 9.17) is 11.6 Å². The smallest absolute Gasteiger partial charge is 0.255 e. The number of carbonyl (C=O) groups is 1. The van der Waals surface area contributed by atoms with Gasteiger partial charge in [-0.2, -0.15) is 0 Å². The van der Waals surface area contributed by atoms with Crippen molar-refractivity contribution in [2.75, 3.05) is 5.32 Å². The van der Waals surface area contributed by atoms with Crippen LogP contribution in [0.4, 0.5) is 5.69 Å². The van der Waals surface area contributed by atoms with Crippen molar-refractivity contribution >= 4 is 61.7 Å². The molecule has 0 spiro atoms. The first-order valence-corrected chi connectivity index (χ1v) is 7.34. The molecule has 18 heavy (non-hydrogen) atoms. The monoisotopic (exact) mass is 435 g/mol. The fraction of sp³-hybridized carbons (Fsp3) is 0. The van der Waals surface area contributed by atoms with E-state index in [1.54, 1.807) is 30.3 Å². The van der Waals surface area contributed by atoms with E-state index < -0.39 is 0 Å². The average Bonchev–Trinajstić information content (AvgIpc) is 2.36. The fourth-order valence-electron chi connectivity index (χ4n) is 1.40. The summed E-state index contributed by atoms with van der Waals surface area (Å²) in [5, 5.41) is 3.38. The molecule has 2 aromatic carbocycles. The van der Waals surface area contributed by atoms with Crippen molar-refractivity contribution in [3.8, 4) is 0 Å². The van der Waals surface area contributed by atoms with Crippen LogP contribution in [-0.2, 0) is 0 Å². The Hall–Kier alpha value is -0.590. The SMILES string of the molecule is O=C(Nc1cccc(Cl)c1Br)c1ccc(I)cc1. The molecule has 0 saturated heterocycles. The van der Waals surface area contributed by atoms with Crippen LogP contribution >= 0.6 is 50.1 Å². The largest absolute Gasteiger partial charge is 0.321 e. The van der Waals surface area contributed by atoms with Crippen molar-refractivity contribution in [2.45, 2.75) is 0 Å². The molecule has 0 atom stereocenters. The van der Waals surface area contributed by atoms with Gasteiger partial charge in [0.1, 0.15) is 0 Å². The van der Waals surface area contributed by atoms with Crippen LogP contribution in [-0.4, -0.2) is 5.91 Å². The molecule has 0 aromatic heterocycles. The van der Waals surface area contributed by atoms with E-state index in [1.165, 1.54) is 0 Å². The maximum atomic E-state index is 12.0. The van der Waals surface area contributed by atoms with Gasteiger partial charge >= 0.3 is 0 Å². The summed E-state index contributed by atoms with van der Waals surface area (Å²) in [6.45, 7) is 0. The molecular formula is C13H8BrClINO. The van der Waals surface area contributed by atoms with Crippen LogP contribution in [0.15, 0.2) is 46.9 Å². The molecule has 0 aliphatic rings. The number of nitrogens with one attached hydrogen (secondary N) is 1. The molecule has 1 amide bonds. The van der Waals surface area contributed by atoms with Gasteiger partial charge in [0.25, 0.3) is 5.91 Å². The zero-order chi connectivity index (χ0) is 13.1. The lowest BCUT2D eigenvalue weighted by molar-refractivity contribution is 0.102. The summed E-state index contributed by atoms with van der Waals surface area (Å²) in [5.74, 6) is -0.158. The second-order valence-electron chi connectivity index (χ2n) is 3.56. The van der Waals surface area contributed by atoms with Crippen LogP contribution in [0.5, 0.6) is 0 Å². The molecule has 0 heterocycles. The van der Waals surface area contributed by atoms with Crippen molar-refractivity contribution in [3.05, 3.63) is 61.1 Å². The van der Waals surface area contributed by atoms with Crippen LogP contribution in [0.25, 0.3) is 0 Å². The summed E-state index contributed by atoms with van der Waals surface area (Å²) >= 11 is 11.5. The molecule has 2 rings (SSSR count). The Labute approximate surface area is 132 Å². The van der Waals surface area contributed by atoms with Crippen LogP contribution in [0, 0.1) is 3.57 Å². The highest BCUT2D eigenvalue weighted by atomic mass is 127. The van der Waals surface area contributed by atoms with Gasteiger partial charge in [0.05, 0.1) is 15.2 Å². The zero-order valence-corrected chi connectivity index (χ0v) is 13.6. The molecule has 92 valence electrons. The minimum atomic E-state index is -0.158. The second-order valence-corrected chi connectivity index (χ2v) is 6.01. The third kappa shape index (κ3) is 3.24. The molecule has 0 aliphatic carbocycles. The molecular weight excluding hydrogens is 428 g/mol. The normalized spacial score (nSPS) is 10.2. The number of anilines is 1. The van der Waals surface area contributed by atoms with Gasteiger partial charge in [-0.15, -0.1) is 0 Å². The molecule has 0 saturated carbocycles. The first-order chi connectivity index (χ1) is 8.58. The molecule has 0 bridgehead atoms. The molecule has 0 aliphatic heterocycles. The maximum absolute atomic E-state index is 12.0. The Balaban J connectivity index is 2.21. The predicted octanol–water partition coefficient (Wildman–Crippen LogP) is 4.96. The highest BCUT2D eigenvalue weighted by Gasteiger charge is 2.09. The summed E-state index contributed by atoms with van der Waals surface area (Å²) in [4.78, 5) is 12.0. The minimum absolute atomic E-state index is 0.158. The molecule has 0 fully saturated rings. The van der Waals surface area contributed by atoms with Crippen LogP contribution in [0.3, 0.4) is 0 Å². The number of carbonyl (C=O) groups excluding carboxylic acids is 1. The van der Waals surface area contributed by atoms with E-state index in [0.29, 0.717) is 20.7 Å².